The summed E-state index contributed by atoms with van der Waals surface area (Å²) in [4.78, 5) is 24.7. The minimum Gasteiger partial charge on any atom is -0.493 e. The lowest BCUT2D eigenvalue weighted by Crippen LogP contribution is -2.12. The lowest BCUT2D eigenvalue weighted by atomic mass is 10.1. The summed E-state index contributed by atoms with van der Waals surface area (Å²) in [5, 5.41) is 3.13. The maximum Gasteiger partial charge on any atom is 0.248 e. The van der Waals surface area contributed by atoms with Crippen LogP contribution in [0.15, 0.2) is 55.0 Å². The van der Waals surface area contributed by atoms with Gasteiger partial charge < -0.3 is 20.5 Å². The first kappa shape index (κ1) is 18.2. The highest BCUT2D eigenvalue weighted by atomic mass is 16.5. The molecule has 0 aliphatic carbocycles. The fraction of sp³-hybridized carbons (Fsp3) is 0.100. The molecule has 0 aliphatic rings. The number of carbonyl (C=O) groups excluding carboxylic acids is 1. The Kier molecular flexibility index (Phi) is 4.70. The van der Waals surface area contributed by atoms with E-state index in [0.29, 0.717) is 40.2 Å². The number of benzene rings is 1. The molecule has 4 rings (SSSR count). The number of pyridine rings is 1. The molecule has 3 N–H and O–H groups in total. The summed E-state index contributed by atoms with van der Waals surface area (Å²) in [5.41, 5.74) is 7.90. The Bertz CT molecular complexity index is 1200. The summed E-state index contributed by atoms with van der Waals surface area (Å²) in [6.45, 7) is 0. The predicted molar refractivity (Wildman–Crippen MR) is 108 cm³/mol. The Morgan fingerprint density at radius 1 is 1.03 bits per heavy atom. The second-order valence-electron chi connectivity index (χ2n) is 6.11. The summed E-state index contributed by atoms with van der Waals surface area (Å²) < 4.78 is 12.5. The third kappa shape index (κ3) is 3.53. The highest BCUT2D eigenvalue weighted by Crippen LogP contribution is 2.32. The summed E-state index contributed by atoms with van der Waals surface area (Å²) >= 11 is 0. The number of primary amides is 1. The highest BCUT2D eigenvalue weighted by Gasteiger charge is 2.12. The Balaban J connectivity index is 1.79. The highest BCUT2D eigenvalue weighted by molar-refractivity contribution is 5.93. The summed E-state index contributed by atoms with van der Waals surface area (Å²) in [6, 6.07) is 10.5. The van der Waals surface area contributed by atoms with E-state index in [1.807, 2.05) is 24.3 Å². The molecule has 0 bridgehead atoms. The van der Waals surface area contributed by atoms with Crippen molar-refractivity contribution in [3.05, 3.63) is 60.6 Å². The van der Waals surface area contributed by atoms with Crippen LogP contribution in [0.25, 0.3) is 16.9 Å². The normalized spacial score (nSPS) is 10.7. The molecule has 29 heavy (non-hydrogen) atoms. The van der Waals surface area contributed by atoms with Crippen LogP contribution in [0.2, 0.25) is 0 Å². The van der Waals surface area contributed by atoms with Gasteiger partial charge in [-0.2, -0.15) is 0 Å². The number of hydrogen-bond donors (Lipinski definition) is 2. The number of fused-ring (bicyclic) bond motifs is 1. The number of anilines is 2. The van der Waals surface area contributed by atoms with E-state index in [0.717, 1.165) is 5.56 Å². The molecule has 0 spiro atoms. The van der Waals surface area contributed by atoms with Gasteiger partial charge >= 0.3 is 0 Å². The van der Waals surface area contributed by atoms with Gasteiger partial charge in [0.15, 0.2) is 11.5 Å². The van der Waals surface area contributed by atoms with Crippen molar-refractivity contribution in [1.82, 2.24) is 19.4 Å². The number of aromatic nitrogens is 4. The van der Waals surface area contributed by atoms with Crippen LogP contribution in [0.1, 0.15) is 10.4 Å². The molecule has 4 aromatic rings. The molecule has 0 saturated heterocycles. The number of rotatable bonds is 6. The minimum absolute atomic E-state index is 0.348. The van der Waals surface area contributed by atoms with E-state index in [4.69, 9.17) is 20.2 Å². The van der Waals surface area contributed by atoms with Gasteiger partial charge in [0.1, 0.15) is 11.5 Å². The van der Waals surface area contributed by atoms with E-state index < -0.39 is 5.91 Å². The Morgan fingerprint density at radius 3 is 2.62 bits per heavy atom. The third-order valence-corrected chi connectivity index (χ3v) is 4.35. The number of hydrogen-bond acceptors (Lipinski definition) is 7. The molecular weight excluding hydrogens is 372 g/mol. The molecule has 146 valence electrons. The Hall–Kier alpha value is -4.14. The van der Waals surface area contributed by atoms with Gasteiger partial charge in [-0.25, -0.2) is 15.0 Å². The van der Waals surface area contributed by atoms with Gasteiger partial charge in [-0.1, -0.05) is 0 Å². The van der Waals surface area contributed by atoms with Crippen molar-refractivity contribution in [2.45, 2.75) is 0 Å². The van der Waals surface area contributed by atoms with E-state index in [-0.39, 0.29) is 0 Å². The van der Waals surface area contributed by atoms with Gasteiger partial charge in [0, 0.05) is 35.8 Å². The summed E-state index contributed by atoms with van der Waals surface area (Å²) in [5.74, 6) is 1.62. The first-order valence-corrected chi connectivity index (χ1v) is 8.68. The molecule has 0 fully saturated rings. The van der Waals surface area contributed by atoms with Crippen LogP contribution in [0.4, 0.5) is 11.8 Å². The number of ether oxygens (including phenoxy) is 2. The Labute approximate surface area is 166 Å². The third-order valence-electron chi connectivity index (χ3n) is 4.35. The van der Waals surface area contributed by atoms with Crippen molar-refractivity contribution in [3.63, 3.8) is 0 Å². The van der Waals surface area contributed by atoms with Crippen LogP contribution in [-0.4, -0.2) is 39.5 Å². The van der Waals surface area contributed by atoms with Gasteiger partial charge in [0.25, 0.3) is 0 Å². The van der Waals surface area contributed by atoms with Crippen molar-refractivity contribution in [2.75, 3.05) is 19.5 Å². The summed E-state index contributed by atoms with van der Waals surface area (Å²) in [6.07, 6.45) is 4.96. The van der Waals surface area contributed by atoms with Crippen LogP contribution in [0, 0.1) is 0 Å². The van der Waals surface area contributed by atoms with Crippen LogP contribution in [0.5, 0.6) is 11.5 Å². The predicted octanol–water partition coefficient (Wildman–Crippen LogP) is 2.65. The molecule has 3 aromatic heterocycles. The van der Waals surface area contributed by atoms with Gasteiger partial charge in [0.2, 0.25) is 11.9 Å². The average Bonchev–Trinajstić information content (AvgIpc) is 3.22. The van der Waals surface area contributed by atoms with Crippen LogP contribution in [0.3, 0.4) is 0 Å². The molecule has 3 heterocycles. The summed E-state index contributed by atoms with van der Waals surface area (Å²) in [7, 11) is 3.17. The van der Waals surface area contributed by atoms with E-state index in [1.165, 1.54) is 6.20 Å². The molecule has 0 aliphatic heterocycles. The number of carbonyl (C=O) groups is 1. The SMILES string of the molecule is COc1ccc(-c2cc3nccn3c(Nc3cc(C(N)=O)ccn3)n2)cc1OC. The van der Waals surface area contributed by atoms with Gasteiger partial charge in [0.05, 0.1) is 19.9 Å². The Morgan fingerprint density at radius 2 is 1.86 bits per heavy atom. The van der Waals surface area contributed by atoms with Crippen LogP contribution >= 0.6 is 0 Å². The standard InChI is InChI=1S/C20H18N6O3/c1-28-15-4-3-12(9-16(15)29-2)14-11-18-23-7-8-26(18)20(24-14)25-17-10-13(19(21)27)5-6-22-17/h3-11H,1-2H3,(H2,21,27)(H,22,24,25). The minimum atomic E-state index is -0.532. The molecule has 0 radical (unpaired) electrons. The van der Waals surface area contributed by atoms with Crippen molar-refractivity contribution >= 4 is 23.3 Å². The molecule has 9 nitrogen and oxygen atoms in total. The second-order valence-corrected chi connectivity index (χ2v) is 6.11. The molecule has 9 heteroatoms. The molecule has 1 aromatic carbocycles. The molecule has 1 amide bonds. The number of nitrogens with zero attached hydrogens (tertiary/aromatic N) is 4. The van der Waals surface area contributed by atoms with E-state index in [1.54, 1.807) is 43.1 Å². The molecule has 0 saturated carbocycles. The quantitative estimate of drug-likeness (QED) is 0.520. The van der Waals surface area contributed by atoms with Crippen molar-refractivity contribution < 1.29 is 14.3 Å². The monoisotopic (exact) mass is 390 g/mol. The lowest BCUT2D eigenvalue weighted by molar-refractivity contribution is 0.1000. The maximum absolute atomic E-state index is 11.4. The largest absolute Gasteiger partial charge is 0.493 e. The van der Waals surface area contributed by atoms with Gasteiger partial charge in [-0.05, 0) is 30.3 Å². The van der Waals surface area contributed by atoms with Crippen molar-refractivity contribution in [3.8, 4) is 22.8 Å². The molecular formula is C20H18N6O3. The zero-order chi connectivity index (χ0) is 20.4. The number of nitrogens with two attached hydrogens (primary N) is 1. The first-order valence-electron chi connectivity index (χ1n) is 8.68. The van der Waals surface area contributed by atoms with Crippen LogP contribution < -0.4 is 20.5 Å². The zero-order valence-electron chi connectivity index (χ0n) is 15.8. The number of amides is 1. The van der Waals surface area contributed by atoms with Crippen molar-refractivity contribution in [1.29, 1.82) is 0 Å². The maximum atomic E-state index is 11.4. The molecule has 0 unspecified atom stereocenters. The van der Waals surface area contributed by atoms with E-state index >= 15 is 0 Å². The van der Waals surface area contributed by atoms with E-state index in [2.05, 4.69) is 15.3 Å². The topological polar surface area (TPSA) is 117 Å². The number of imidazole rings is 1. The van der Waals surface area contributed by atoms with Gasteiger partial charge in [-0.15, -0.1) is 0 Å². The lowest BCUT2D eigenvalue weighted by Gasteiger charge is -2.12. The molecule has 0 atom stereocenters. The second kappa shape index (κ2) is 7.47. The zero-order valence-corrected chi connectivity index (χ0v) is 15.8. The number of methoxy groups -OCH3 is 2. The van der Waals surface area contributed by atoms with Gasteiger partial charge in [-0.3, -0.25) is 9.20 Å². The fourth-order valence-electron chi connectivity index (χ4n) is 2.92. The number of nitrogens with one attached hydrogen (secondary N) is 1. The van der Waals surface area contributed by atoms with E-state index in [9.17, 15) is 4.79 Å². The van der Waals surface area contributed by atoms with Crippen LogP contribution in [-0.2, 0) is 0 Å². The fourth-order valence-corrected chi connectivity index (χ4v) is 2.92. The van der Waals surface area contributed by atoms with Crippen molar-refractivity contribution in [2.24, 2.45) is 5.73 Å². The first-order chi connectivity index (χ1) is 14.1. The average molecular weight is 390 g/mol. The smallest absolute Gasteiger partial charge is 0.248 e.